The molecule has 0 aromatic carbocycles. The summed E-state index contributed by atoms with van der Waals surface area (Å²) in [5.41, 5.74) is 1.32. The lowest BCUT2D eigenvalue weighted by molar-refractivity contribution is 0.220. The molecular weight excluding hydrogens is 208 g/mol. The van der Waals surface area contributed by atoms with Gasteiger partial charge in [-0.1, -0.05) is 0 Å². The van der Waals surface area contributed by atoms with Crippen molar-refractivity contribution in [3.8, 4) is 0 Å². The van der Waals surface area contributed by atoms with Crippen LogP contribution in [0, 0.1) is 0 Å². The molecule has 0 atom stereocenters. The van der Waals surface area contributed by atoms with Gasteiger partial charge in [0, 0.05) is 32.4 Å². The molecule has 4 nitrogen and oxygen atoms in total. The molecule has 2 aliphatic heterocycles. The van der Waals surface area contributed by atoms with Crippen molar-refractivity contribution in [2.75, 3.05) is 37.9 Å². The first-order valence-electron chi connectivity index (χ1n) is 5.25. The highest BCUT2D eigenvalue weighted by Gasteiger charge is 2.22. The first-order valence-corrected chi connectivity index (χ1v) is 6.13. The molecule has 15 heavy (non-hydrogen) atoms. The average molecular weight is 222 g/mol. The van der Waals surface area contributed by atoms with E-state index >= 15 is 0 Å². The first-order chi connectivity index (χ1) is 7.45. The largest absolute Gasteiger partial charge is 0.314 e. The van der Waals surface area contributed by atoms with Crippen molar-refractivity contribution in [3.05, 3.63) is 16.3 Å². The summed E-state index contributed by atoms with van der Waals surface area (Å²) in [7, 11) is 0. The van der Waals surface area contributed by atoms with Crippen molar-refractivity contribution >= 4 is 23.2 Å². The van der Waals surface area contributed by atoms with E-state index in [1.54, 1.807) is 11.3 Å². The Bertz CT molecular complexity index is 367. The lowest BCUT2D eigenvalue weighted by atomic mass is 10.3. The fourth-order valence-corrected chi connectivity index (χ4v) is 2.81. The number of thiophene rings is 1. The monoisotopic (exact) mass is 222 g/mol. The summed E-state index contributed by atoms with van der Waals surface area (Å²) in [6.07, 6.45) is 1.98. The summed E-state index contributed by atoms with van der Waals surface area (Å²) in [5.74, 6) is 0. The zero-order valence-corrected chi connectivity index (χ0v) is 9.33. The van der Waals surface area contributed by atoms with E-state index in [-0.39, 0.29) is 0 Å². The molecular formula is C10H14N4S. The zero-order valence-electron chi connectivity index (χ0n) is 8.52. The van der Waals surface area contributed by atoms with Gasteiger partial charge < -0.3 is 5.32 Å². The van der Waals surface area contributed by atoms with Crippen LogP contribution in [0.5, 0.6) is 0 Å². The Hall–Kier alpha value is -0.910. The van der Waals surface area contributed by atoms with Gasteiger partial charge in [0.1, 0.15) is 6.67 Å². The summed E-state index contributed by atoms with van der Waals surface area (Å²) >= 11 is 1.76. The number of nitrogens with one attached hydrogen (secondary N) is 1. The molecule has 80 valence electrons. The maximum absolute atomic E-state index is 4.40. The summed E-state index contributed by atoms with van der Waals surface area (Å²) < 4.78 is 0. The molecule has 3 rings (SSSR count). The predicted octanol–water partition coefficient (Wildman–Crippen LogP) is 0.765. The van der Waals surface area contributed by atoms with E-state index in [1.165, 1.54) is 10.6 Å². The smallest absolute Gasteiger partial charge is 0.125 e. The van der Waals surface area contributed by atoms with Crippen LogP contribution in [0.25, 0.3) is 0 Å². The van der Waals surface area contributed by atoms with Crippen LogP contribution < -0.4 is 10.3 Å². The molecule has 2 aliphatic rings. The molecule has 1 saturated heterocycles. The lowest BCUT2D eigenvalue weighted by Crippen LogP contribution is -2.53. The number of anilines is 1. The van der Waals surface area contributed by atoms with Crippen LogP contribution in [0.3, 0.4) is 0 Å². The molecule has 5 heteroatoms. The van der Waals surface area contributed by atoms with Gasteiger partial charge in [0.25, 0.3) is 0 Å². The van der Waals surface area contributed by atoms with Crippen LogP contribution in [0.4, 0.5) is 5.69 Å². The van der Waals surface area contributed by atoms with Gasteiger partial charge in [-0.15, -0.1) is 11.3 Å². The van der Waals surface area contributed by atoms with Gasteiger partial charge in [0.15, 0.2) is 0 Å². The molecule has 3 heterocycles. The average Bonchev–Trinajstić information content (AvgIpc) is 2.78. The summed E-state index contributed by atoms with van der Waals surface area (Å²) in [6.45, 7) is 5.05. The predicted molar refractivity (Wildman–Crippen MR) is 63.7 cm³/mol. The van der Waals surface area contributed by atoms with Crippen LogP contribution in [0.2, 0.25) is 0 Å². The SMILES string of the molecule is C1=NCN(N2CCNCC2)c2ccsc21. The van der Waals surface area contributed by atoms with Gasteiger partial charge in [0.05, 0.1) is 10.6 Å². The minimum atomic E-state index is 0.768. The fourth-order valence-electron chi connectivity index (χ4n) is 2.04. The number of hydrogen-bond acceptors (Lipinski definition) is 5. The standard InChI is InChI=1S/C10H14N4S/c1-6-15-10-7-12-8-14(9(1)10)13-4-2-11-3-5-13/h1,6-7,11H,2-5,8H2. The Morgan fingerprint density at radius 2 is 2.20 bits per heavy atom. The van der Waals surface area contributed by atoms with E-state index in [2.05, 4.69) is 31.8 Å². The van der Waals surface area contributed by atoms with Crippen LogP contribution in [0.15, 0.2) is 16.4 Å². The Balaban J connectivity index is 1.85. The second-order valence-corrected chi connectivity index (χ2v) is 4.67. The maximum atomic E-state index is 4.40. The molecule has 0 aliphatic carbocycles. The number of rotatable bonds is 1. The van der Waals surface area contributed by atoms with E-state index in [1.807, 2.05) is 6.21 Å². The van der Waals surface area contributed by atoms with Crippen molar-refractivity contribution < 1.29 is 0 Å². The van der Waals surface area contributed by atoms with Crippen molar-refractivity contribution in [2.24, 2.45) is 4.99 Å². The van der Waals surface area contributed by atoms with E-state index < -0.39 is 0 Å². The highest BCUT2D eigenvalue weighted by atomic mass is 32.1. The Kier molecular flexibility index (Phi) is 2.44. The highest BCUT2D eigenvalue weighted by Crippen LogP contribution is 2.28. The molecule has 1 fully saturated rings. The number of hydrogen-bond donors (Lipinski definition) is 1. The van der Waals surface area contributed by atoms with Crippen LogP contribution >= 0.6 is 11.3 Å². The van der Waals surface area contributed by atoms with Crippen molar-refractivity contribution in [3.63, 3.8) is 0 Å². The zero-order chi connectivity index (χ0) is 10.1. The Morgan fingerprint density at radius 3 is 3.07 bits per heavy atom. The Morgan fingerprint density at radius 1 is 1.33 bits per heavy atom. The van der Waals surface area contributed by atoms with Gasteiger partial charge in [-0.3, -0.25) is 10.0 Å². The summed E-state index contributed by atoms with van der Waals surface area (Å²) in [4.78, 5) is 5.67. The molecule has 1 aromatic heterocycles. The van der Waals surface area contributed by atoms with Crippen molar-refractivity contribution in [1.82, 2.24) is 10.3 Å². The molecule has 0 saturated carbocycles. The van der Waals surface area contributed by atoms with E-state index in [0.717, 1.165) is 32.8 Å². The number of fused-ring (bicyclic) bond motifs is 1. The highest BCUT2D eigenvalue weighted by molar-refractivity contribution is 7.12. The molecule has 1 aromatic rings. The quantitative estimate of drug-likeness (QED) is 0.761. The number of nitrogens with zero attached hydrogens (tertiary/aromatic N) is 3. The minimum Gasteiger partial charge on any atom is -0.314 e. The first kappa shape index (κ1) is 9.33. The third-order valence-electron chi connectivity index (χ3n) is 2.81. The normalized spacial score (nSPS) is 21.7. The number of piperazine rings is 1. The fraction of sp³-hybridized carbons (Fsp3) is 0.500. The third-order valence-corrected chi connectivity index (χ3v) is 3.65. The Labute approximate surface area is 93.2 Å². The second kappa shape index (κ2) is 3.92. The lowest BCUT2D eigenvalue weighted by Gasteiger charge is -2.39. The number of aliphatic imine (C=N–C) groups is 1. The third kappa shape index (κ3) is 1.67. The molecule has 0 spiro atoms. The maximum Gasteiger partial charge on any atom is 0.125 e. The van der Waals surface area contributed by atoms with Crippen LogP contribution in [-0.4, -0.2) is 44.1 Å². The van der Waals surface area contributed by atoms with E-state index in [0.29, 0.717) is 0 Å². The van der Waals surface area contributed by atoms with E-state index in [4.69, 9.17) is 0 Å². The van der Waals surface area contributed by atoms with Crippen LogP contribution in [0.1, 0.15) is 4.88 Å². The van der Waals surface area contributed by atoms with E-state index in [9.17, 15) is 0 Å². The number of hydrazine groups is 1. The van der Waals surface area contributed by atoms with Gasteiger partial charge in [0.2, 0.25) is 0 Å². The van der Waals surface area contributed by atoms with Gasteiger partial charge in [-0.05, 0) is 11.4 Å². The molecule has 0 radical (unpaired) electrons. The van der Waals surface area contributed by atoms with Crippen LogP contribution in [-0.2, 0) is 0 Å². The topological polar surface area (TPSA) is 30.9 Å². The molecule has 0 amide bonds. The summed E-state index contributed by atoms with van der Waals surface area (Å²) in [5, 5.41) is 10.2. The van der Waals surface area contributed by atoms with Crippen molar-refractivity contribution in [2.45, 2.75) is 0 Å². The minimum absolute atomic E-state index is 0.768. The molecule has 0 unspecified atom stereocenters. The van der Waals surface area contributed by atoms with Gasteiger partial charge >= 0.3 is 0 Å². The molecule has 0 bridgehead atoms. The van der Waals surface area contributed by atoms with Gasteiger partial charge in [-0.2, -0.15) is 0 Å². The molecule has 1 N–H and O–H groups in total. The van der Waals surface area contributed by atoms with Crippen molar-refractivity contribution in [1.29, 1.82) is 0 Å². The summed E-state index contributed by atoms with van der Waals surface area (Å²) in [6, 6.07) is 2.19. The van der Waals surface area contributed by atoms with Gasteiger partial charge in [-0.25, -0.2) is 5.01 Å². The second-order valence-electron chi connectivity index (χ2n) is 3.73.